The molecular formula is C11H14ClF2N3O. The van der Waals surface area contributed by atoms with Crippen molar-refractivity contribution in [1.82, 2.24) is 9.55 Å². The molecule has 0 spiro atoms. The Morgan fingerprint density at radius 2 is 2.11 bits per heavy atom. The summed E-state index contributed by atoms with van der Waals surface area (Å²) in [5.74, 6) is -1.08. The summed E-state index contributed by atoms with van der Waals surface area (Å²) in [6, 6.07) is 0.997. The van der Waals surface area contributed by atoms with Gasteiger partial charge in [0.15, 0.2) is 11.6 Å². The van der Waals surface area contributed by atoms with E-state index in [1.807, 2.05) is 0 Å². The summed E-state index contributed by atoms with van der Waals surface area (Å²) in [4.78, 5) is 4.18. The van der Waals surface area contributed by atoms with Crippen molar-refractivity contribution in [2.24, 2.45) is 5.73 Å². The molecule has 0 aliphatic heterocycles. The van der Waals surface area contributed by atoms with Crippen LogP contribution in [0.3, 0.4) is 0 Å². The van der Waals surface area contributed by atoms with E-state index < -0.39 is 11.6 Å². The zero-order chi connectivity index (χ0) is 12.6. The van der Waals surface area contributed by atoms with Gasteiger partial charge in [0.05, 0.1) is 7.11 Å². The van der Waals surface area contributed by atoms with Crippen LogP contribution in [0.15, 0.2) is 6.07 Å². The Balaban J connectivity index is 0.00000162. The molecule has 2 N–H and O–H groups in total. The van der Waals surface area contributed by atoms with Gasteiger partial charge < -0.3 is 15.0 Å². The van der Waals surface area contributed by atoms with Gasteiger partial charge in [-0.3, -0.25) is 0 Å². The number of imidazole rings is 1. The van der Waals surface area contributed by atoms with Crippen molar-refractivity contribution in [3.63, 3.8) is 0 Å². The molecule has 1 aromatic carbocycles. The third-order valence-electron chi connectivity index (χ3n) is 2.64. The second kappa shape index (κ2) is 5.49. The maximum absolute atomic E-state index is 13.8. The second-order valence-electron chi connectivity index (χ2n) is 3.67. The highest BCUT2D eigenvalue weighted by Gasteiger charge is 2.19. The van der Waals surface area contributed by atoms with Crippen molar-refractivity contribution in [2.75, 3.05) is 13.7 Å². The van der Waals surface area contributed by atoms with Gasteiger partial charge in [-0.25, -0.2) is 13.8 Å². The monoisotopic (exact) mass is 277 g/mol. The van der Waals surface area contributed by atoms with Gasteiger partial charge in [-0.2, -0.15) is 0 Å². The summed E-state index contributed by atoms with van der Waals surface area (Å²) in [7, 11) is 1.39. The van der Waals surface area contributed by atoms with E-state index in [1.54, 1.807) is 11.5 Å². The van der Waals surface area contributed by atoms with E-state index in [9.17, 15) is 8.78 Å². The molecule has 7 heteroatoms. The molecule has 0 atom stereocenters. The van der Waals surface area contributed by atoms with E-state index >= 15 is 0 Å². The molecular weight excluding hydrogens is 264 g/mol. The Bertz CT molecular complexity index is 571. The molecule has 0 bridgehead atoms. The van der Waals surface area contributed by atoms with Crippen molar-refractivity contribution >= 4 is 23.4 Å². The number of methoxy groups -OCH3 is 1. The van der Waals surface area contributed by atoms with Crippen molar-refractivity contribution in [3.05, 3.63) is 23.5 Å². The van der Waals surface area contributed by atoms with Crippen LogP contribution in [0, 0.1) is 18.6 Å². The van der Waals surface area contributed by atoms with Crippen molar-refractivity contribution < 1.29 is 13.5 Å². The summed E-state index contributed by atoms with van der Waals surface area (Å²) < 4.78 is 33.7. The van der Waals surface area contributed by atoms with Crippen LogP contribution in [0.4, 0.5) is 8.78 Å². The van der Waals surface area contributed by atoms with Crippen LogP contribution >= 0.6 is 12.4 Å². The lowest BCUT2D eigenvalue weighted by atomic mass is 10.2. The van der Waals surface area contributed by atoms with E-state index in [2.05, 4.69) is 4.98 Å². The van der Waals surface area contributed by atoms with Gasteiger partial charge in [0.25, 0.3) is 0 Å². The minimum atomic E-state index is -0.951. The summed E-state index contributed by atoms with van der Waals surface area (Å²) in [6.07, 6.45) is 0. The number of rotatable bonds is 3. The maximum Gasteiger partial charge on any atom is 0.184 e. The van der Waals surface area contributed by atoms with Crippen LogP contribution in [0.25, 0.3) is 11.0 Å². The predicted octanol–water partition coefficient (Wildman–Crippen LogP) is 2.01. The molecule has 100 valence electrons. The van der Waals surface area contributed by atoms with Crippen LogP contribution in [-0.2, 0) is 6.54 Å². The topological polar surface area (TPSA) is 53.1 Å². The first kappa shape index (κ1) is 14.7. The fourth-order valence-corrected chi connectivity index (χ4v) is 1.88. The van der Waals surface area contributed by atoms with E-state index in [4.69, 9.17) is 10.5 Å². The van der Waals surface area contributed by atoms with Crippen LogP contribution in [0.1, 0.15) is 5.82 Å². The summed E-state index contributed by atoms with van der Waals surface area (Å²) in [5.41, 5.74) is 5.86. The number of halogens is 3. The summed E-state index contributed by atoms with van der Waals surface area (Å²) >= 11 is 0. The van der Waals surface area contributed by atoms with Crippen LogP contribution in [0.2, 0.25) is 0 Å². The van der Waals surface area contributed by atoms with Gasteiger partial charge in [-0.15, -0.1) is 12.4 Å². The number of hydrogen-bond donors (Lipinski definition) is 1. The van der Waals surface area contributed by atoms with Crippen molar-refractivity contribution in [3.8, 4) is 5.75 Å². The number of benzene rings is 1. The van der Waals surface area contributed by atoms with E-state index in [1.165, 1.54) is 7.11 Å². The smallest absolute Gasteiger partial charge is 0.184 e. The van der Waals surface area contributed by atoms with Crippen LogP contribution in [0.5, 0.6) is 5.75 Å². The molecule has 0 saturated carbocycles. The highest BCUT2D eigenvalue weighted by molar-refractivity contribution is 5.85. The Labute approximate surface area is 109 Å². The van der Waals surface area contributed by atoms with Crippen molar-refractivity contribution in [2.45, 2.75) is 13.5 Å². The highest BCUT2D eigenvalue weighted by atomic mass is 35.5. The Morgan fingerprint density at radius 1 is 1.44 bits per heavy atom. The molecule has 2 rings (SSSR count). The first-order valence-corrected chi connectivity index (χ1v) is 5.19. The summed E-state index contributed by atoms with van der Waals surface area (Å²) in [5, 5.41) is 0. The number of hydrogen-bond acceptors (Lipinski definition) is 3. The van der Waals surface area contributed by atoms with Gasteiger partial charge in [0, 0.05) is 19.2 Å². The maximum atomic E-state index is 13.8. The van der Waals surface area contributed by atoms with Crippen molar-refractivity contribution in [1.29, 1.82) is 0 Å². The zero-order valence-electron chi connectivity index (χ0n) is 10.0. The molecule has 18 heavy (non-hydrogen) atoms. The van der Waals surface area contributed by atoms with Gasteiger partial charge in [0.2, 0.25) is 0 Å². The van der Waals surface area contributed by atoms with E-state index in [-0.39, 0.29) is 23.7 Å². The molecule has 0 amide bonds. The molecule has 0 saturated heterocycles. The van der Waals surface area contributed by atoms with E-state index in [0.717, 1.165) is 6.07 Å². The van der Waals surface area contributed by atoms with Gasteiger partial charge in [0.1, 0.15) is 22.6 Å². The minimum Gasteiger partial charge on any atom is -0.494 e. The molecule has 0 fully saturated rings. The minimum absolute atomic E-state index is 0. The molecule has 0 aliphatic rings. The third kappa shape index (κ3) is 2.13. The average Bonchev–Trinajstić information content (AvgIpc) is 2.62. The largest absolute Gasteiger partial charge is 0.494 e. The molecule has 1 heterocycles. The normalized spacial score (nSPS) is 10.5. The van der Waals surface area contributed by atoms with Gasteiger partial charge in [-0.1, -0.05) is 0 Å². The van der Waals surface area contributed by atoms with Crippen LogP contribution in [-0.4, -0.2) is 23.2 Å². The van der Waals surface area contributed by atoms with Crippen LogP contribution < -0.4 is 10.5 Å². The molecule has 4 nitrogen and oxygen atoms in total. The molecule has 2 aromatic rings. The average molecular weight is 278 g/mol. The predicted molar refractivity (Wildman–Crippen MR) is 67.2 cm³/mol. The highest BCUT2D eigenvalue weighted by Crippen LogP contribution is 2.30. The Kier molecular flexibility index (Phi) is 4.48. The standard InChI is InChI=1S/C11H13F2N3O.ClH/c1-6-15-10-8(17-2)5-7(12)9(13)11(10)16(6)4-3-14;/h5H,3-4,14H2,1-2H3;1H. The quantitative estimate of drug-likeness (QED) is 0.934. The molecule has 0 unspecified atom stereocenters. The zero-order valence-corrected chi connectivity index (χ0v) is 10.9. The molecule has 0 radical (unpaired) electrons. The molecule has 1 aromatic heterocycles. The second-order valence-corrected chi connectivity index (χ2v) is 3.67. The number of fused-ring (bicyclic) bond motifs is 1. The lowest BCUT2D eigenvalue weighted by Crippen LogP contribution is -2.11. The van der Waals surface area contributed by atoms with E-state index in [0.29, 0.717) is 24.4 Å². The fourth-order valence-electron chi connectivity index (χ4n) is 1.88. The number of nitrogens with two attached hydrogens (primary N) is 1. The SMILES string of the molecule is COc1cc(F)c(F)c2c1nc(C)n2CCN.Cl. The summed E-state index contributed by atoms with van der Waals surface area (Å²) in [6.45, 7) is 2.42. The lowest BCUT2D eigenvalue weighted by Gasteiger charge is -2.07. The Morgan fingerprint density at radius 3 is 2.67 bits per heavy atom. The molecule has 0 aliphatic carbocycles. The fraction of sp³-hybridized carbons (Fsp3) is 0.364. The first-order chi connectivity index (χ1) is 8.10. The van der Waals surface area contributed by atoms with Gasteiger partial charge >= 0.3 is 0 Å². The number of ether oxygens (including phenoxy) is 1. The number of nitrogens with zero attached hydrogens (tertiary/aromatic N) is 2. The number of aromatic nitrogens is 2. The third-order valence-corrected chi connectivity index (χ3v) is 2.64. The Hall–Kier alpha value is -1.40. The lowest BCUT2D eigenvalue weighted by molar-refractivity contribution is 0.411. The van der Waals surface area contributed by atoms with Gasteiger partial charge in [-0.05, 0) is 6.92 Å². The first-order valence-electron chi connectivity index (χ1n) is 5.19. The number of aryl methyl sites for hydroxylation is 1.